The molecule has 1 aromatic carbocycles. The molecule has 0 saturated carbocycles. The van der Waals surface area contributed by atoms with Gasteiger partial charge in [0.05, 0.1) is 22.6 Å². The summed E-state index contributed by atoms with van der Waals surface area (Å²) < 4.78 is 28.4. The maximum absolute atomic E-state index is 13.9. The standard InChI is InChI=1S/C11H8Br2F2N4/c1-5-4-19(11(16)18-5)17-3-6-7(12)2-8(14)9(13)10(6)15/h2-4H,1H3,(H2,16,18). The van der Waals surface area contributed by atoms with E-state index < -0.39 is 11.6 Å². The topological polar surface area (TPSA) is 56.2 Å². The molecule has 0 spiro atoms. The van der Waals surface area contributed by atoms with Crippen LogP contribution in [0.5, 0.6) is 0 Å². The number of halogens is 4. The van der Waals surface area contributed by atoms with Crippen molar-refractivity contribution in [3.8, 4) is 0 Å². The fourth-order valence-corrected chi connectivity index (χ4v) is 2.22. The van der Waals surface area contributed by atoms with E-state index in [9.17, 15) is 8.78 Å². The molecule has 1 aromatic heterocycles. The summed E-state index contributed by atoms with van der Waals surface area (Å²) in [6.45, 7) is 1.76. The summed E-state index contributed by atoms with van der Waals surface area (Å²) in [5.74, 6) is -1.25. The second-order valence-corrected chi connectivity index (χ2v) is 5.36. The lowest BCUT2D eigenvalue weighted by molar-refractivity contribution is 0.569. The van der Waals surface area contributed by atoms with Crippen molar-refractivity contribution < 1.29 is 8.78 Å². The maximum Gasteiger partial charge on any atom is 0.221 e. The van der Waals surface area contributed by atoms with Gasteiger partial charge in [0.15, 0.2) is 0 Å². The summed E-state index contributed by atoms with van der Waals surface area (Å²) in [4.78, 5) is 3.95. The Bertz CT molecular complexity index is 667. The van der Waals surface area contributed by atoms with Crippen LogP contribution in [0, 0.1) is 18.6 Å². The molecular formula is C11H8Br2F2N4. The average molecular weight is 394 g/mol. The lowest BCUT2D eigenvalue weighted by atomic mass is 10.2. The molecule has 0 aliphatic carbocycles. The second kappa shape index (κ2) is 5.38. The van der Waals surface area contributed by atoms with Crippen molar-refractivity contribution >= 4 is 44.0 Å². The molecule has 2 aromatic rings. The Hall–Kier alpha value is -1.28. The number of hydrogen-bond donors (Lipinski definition) is 1. The monoisotopic (exact) mass is 392 g/mol. The highest BCUT2D eigenvalue weighted by Crippen LogP contribution is 2.28. The quantitative estimate of drug-likeness (QED) is 0.482. The molecule has 0 aliphatic rings. The number of aryl methyl sites for hydroxylation is 1. The molecule has 100 valence electrons. The Morgan fingerprint density at radius 2 is 2.11 bits per heavy atom. The Morgan fingerprint density at radius 3 is 2.68 bits per heavy atom. The van der Waals surface area contributed by atoms with Crippen molar-refractivity contribution in [2.45, 2.75) is 6.92 Å². The normalized spacial score (nSPS) is 11.4. The van der Waals surface area contributed by atoms with Crippen molar-refractivity contribution in [2.24, 2.45) is 5.10 Å². The van der Waals surface area contributed by atoms with Gasteiger partial charge in [-0.2, -0.15) is 5.10 Å². The van der Waals surface area contributed by atoms with Gasteiger partial charge in [-0.3, -0.25) is 0 Å². The fourth-order valence-electron chi connectivity index (χ4n) is 1.41. The Balaban J connectivity index is 2.44. The van der Waals surface area contributed by atoms with Crippen LogP contribution >= 0.6 is 31.9 Å². The smallest absolute Gasteiger partial charge is 0.221 e. The highest BCUT2D eigenvalue weighted by molar-refractivity contribution is 9.11. The Kier molecular flexibility index (Phi) is 4.00. The maximum atomic E-state index is 13.9. The summed E-state index contributed by atoms with van der Waals surface area (Å²) in [7, 11) is 0. The minimum absolute atomic E-state index is 0.110. The number of aromatic nitrogens is 2. The van der Waals surface area contributed by atoms with E-state index in [2.05, 4.69) is 41.9 Å². The molecule has 0 unspecified atom stereocenters. The lowest BCUT2D eigenvalue weighted by Gasteiger charge is -2.04. The van der Waals surface area contributed by atoms with Crippen LogP contribution in [-0.4, -0.2) is 15.9 Å². The molecule has 0 saturated heterocycles. The Labute approximate surface area is 124 Å². The van der Waals surface area contributed by atoms with Crippen LogP contribution in [0.15, 0.2) is 26.3 Å². The number of rotatable bonds is 2. The molecule has 8 heteroatoms. The molecule has 0 atom stereocenters. The highest BCUT2D eigenvalue weighted by Gasteiger charge is 2.14. The van der Waals surface area contributed by atoms with Crippen molar-refractivity contribution in [1.29, 1.82) is 0 Å². The third kappa shape index (κ3) is 2.84. The first-order chi connectivity index (χ1) is 8.90. The van der Waals surface area contributed by atoms with Crippen molar-refractivity contribution in [3.63, 3.8) is 0 Å². The van der Waals surface area contributed by atoms with E-state index in [0.717, 1.165) is 6.07 Å². The zero-order chi connectivity index (χ0) is 14.2. The zero-order valence-electron chi connectivity index (χ0n) is 9.66. The van der Waals surface area contributed by atoms with E-state index >= 15 is 0 Å². The van der Waals surface area contributed by atoms with Gasteiger partial charge in [-0.1, -0.05) is 0 Å². The molecule has 2 rings (SSSR count). The van der Waals surface area contributed by atoms with E-state index in [1.807, 2.05) is 0 Å². The molecule has 0 bridgehead atoms. The summed E-state index contributed by atoms with van der Waals surface area (Å²) >= 11 is 5.91. The molecule has 1 heterocycles. The van der Waals surface area contributed by atoms with Gasteiger partial charge in [0.1, 0.15) is 11.6 Å². The molecule has 2 N–H and O–H groups in total. The van der Waals surface area contributed by atoms with E-state index in [0.29, 0.717) is 5.69 Å². The molecule has 0 radical (unpaired) electrons. The Morgan fingerprint density at radius 1 is 1.42 bits per heavy atom. The van der Waals surface area contributed by atoms with Gasteiger partial charge in [0.25, 0.3) is 0 Å². The molecule has 4 nitrogen and oxygen atoms in total. The first-order valence-corrected chi connectivity index (χ1v) is 6.67. The first kappa shape index (κ1) is 14.1. The molecule has 19 heavy (non-hydrogen) atoms. The molecular weight excluding hydrogens is 386 g/mol. The van der Waals surface area contributed by atoms with Crippen LogP contribution < -0.4 is 5.73 Å². The number of hydrogen-bond acceptors (Lipinski definition) is 3. The molecule has 0 aliphatic heterocycles. The van der Waals surface area contributed by atoms with E-state index in [4.69, 9.17) is 5.73 Å². The highest BCUT2D eigenvalue weighted by atomic mass is 79.9. The summed E-state index contributed by atoms with van der Waals surface area (Å²) in [5.41, 5.74) is 6.40. The van der Waals surface area contributed by atoms with Crippen molar-refractivity contribution in [3.05, 3.63) is 44.1 Å². The number of imidazole rings is 1. The second-order valence-electron chi connectivity index (χ2n) is 3.71. The predicted molar refractivity (Wildman–Crippen MR) is 76.1 cm³/mol. The number of anilines is 1. The molecule has 0 fully saturated rings. The fraction of sp³-hybridized carbons (Fsp3) is 0.0909. The van der Waals surface area contributed by atoms with Gasteiger partial charge in [0.2, 0.25) is 5.95 Å². The van der Waals surface area contributed by atoms with Crippen LogP contribution in [0.2, 0.25) is 0 Å². The van der Waals surface area contributed by atoms with Crippen LogP contribution in [-0.2, 0) is 0 Å². The van der Waals surface area contributed by atoms with Gasteiger partial charge in [-0.05, 0) is 44.8 Å². The lowest BCUT2D eigenvalue weighted by Crippen LogP contribution is -2.00. The number of nitrogens with zero attached hydrogens (tertiary/aromatic N) is 3. The van der Waals surface area contributed by atoms with E-state index in [1.165, 1.54) is 10.9 Å². The third-order valence-corrected chi connectivity index (χ3v) is 3.68. The summed E-state index contributed by atoms with van der Waals surface area (Å²) in [5, 5.41) is 3.98. The minimum Gasteiger partial charge on any atom is -0.368 e. The van der Waals surface area contributed by atoms with Crippen molar-refractivity contribution in [2.75, 3.05) is 5.73 Å². The zero-order valence-corrected chi connectivity index (χ0v) is 12.8. The van der Waals surface area contributed by atoms with Crippen molar-refractivity contribution in [1.82, 2.24) is 9.66 Å². The van der Waals surface area contributed by atoms with Gasteiger partial charge in [-0.25, -0.2) is 18.4 Å². The minimum atomic E-state index is -0.744. The van der Waals surface area contributed by atoms with Gasteiger partial charge >= 0.3 is 0 Å². The average Bonchev–Trinajstić information content (AvgIpc) is 2.65. The number of benzene rings is 1. The SMILES string of the molecule is Cc1cn(N=Cc2c(Br)cc(F)c(Br)c2F)c(N)n1. The third-order valence-electron chi connectivity index (χ3n) is 2.30. The van der Waals surface area contributed by atoms with Crippen LogP contribution in [0.4, 0.5) is 14.7 Å². The van der Waals surface area contributed by atoms with Gasteiger partial charge in [-0.15, -0.1) is 0 Å². The first-order valence-electron chi connectivity index (χ1n) is 5.09. The van der Waals surface area contributed by atoms with Crippen LogP contribution in [0.1, 0.15) is 11.3 Å². The van der Waals surface area contributed by atoms with Crippen LogP contribution in [0.3, 0.4) is 0 Å². The van der Waals surface area contributed by atoms with Gasteiger partial charge in [0, 0.05) is 10.0 Å². The predicted octanol–water partition coefficient (Wildman–Crippen LogP) is 3.46. The number of nitrogen functional groups attached to an aromatic ring is 1. The summed E-state index contributed by atoms with van der Waals surface area (Å²) in [6.07, 6.45) is 2.83. The van der Waals surface area contributed by atoms with E-state index in [1.54, 1.807) is 13.1 Å². The summed E-state index contributed by atoms with van der Waals surface area (Å²) in [6, 6.07) is 1.15. The number of nitrogens with two attached hydrogens (primary N) is 1. The van der Waals surface area contributed by atoms with E-state index in [-0.39, 0.29) is 20.5 Å². The largest absolute Gasteiger partial charge is 0.368 e. The molecule has 0 amide bonds. The van der Waals surface area contributed by atoms with Gasteiger partial charge < -0.3 is 5.73 Å². The van der Waals surface area contributed by atoms with Crippen LogP contribution in [0.25, 0.3) is 0 Å².